The first-order valence-electron chi connectivity index (χ1n) is 14.8. The Kier molecular flexibility index (Phi) is 10.8. The van der Waals surface area contributed by atoms with Gasteiger partial charge in [-0.3, -0.25) is 9.59 Å². The number of aliphatic hydroxyl groups is 2. The summed E-state index contributed by atoms with van der Waals surface area (Å²) in [6, 6.07) is 10.6. The molecule has 1 saturated heterocycles. The fraction of sp³-hybridized carbons (Fsp3) is 0.438. The first-order valence-corrected chi connectivity index (χ1v) is 16.3. The number of aliphatic hydroxyl groups excluding tert-OH is 2. The standard InChI is InChI=1S/C32H39F2N3O7S/c1-19(2)30-32(45(43,44)36-14-12-25(18-36)35-20(3)38)29(21-4-8-23(33)9-5-21)31(22-6-10-24(34)11-7-22)37(30)15-13-26(39)16-27(40)17-28(41)42/h4-11,19,25-27,39-40H,12-18H2,1-3H3,(H,35,38)(H,41,42). The van der Waals surface area contributed by atoms with E-state index in [4.69, 9.17) is 5.11 Å². The molecule has 10 nitrogen and oxygen atoms in total. The van der Waals surface area contributed by atoms with Crippen LogP contribution in [0.15, 0.2) is 53.4 Å². The second-order valence-corrected chi connectivity index (χ2v) is 13.6. The number of rotatable bonds is 13. The van der Waals surface area contributed by atoms with Gasteiger partial charge < -0.3 is 25.2 Å². The van der Waals surface area contributed by atoms with Crippen LogP contribution >= 0.6 is 0 Å². The molecule has 3 atom stereocenters. The summed E-state index contributed by atoms with van der Waals surface area (Å²) < 4.78 is 60.5. The second-order valence-electron chi connectivity index (χ2n) is 11.7. The van der Waals surface area contributed by atoms with Gasteiger partial charge in [0.25, 0.3) is 0 Å². The van der Waals surface area contributed by atoms with Crippen molar-refractivity contribution in [1.82, 2.24) is 14.2 Å². The summed E-state index contributed by atoms with van der Waals surface area (Å²) in [6.45, 7) is 5.30. The Labute approximate surface area is 261 Å². The van der Waals surface area contributed by atoms with Crippen LogP contribution in [0, 0.1) is 11.6 Å². The molecular weight excluding hydrogens is 608 g/mol. The van der Waals surface area contributed by atoms with E-state index in [0.29, 0.717) is 28.9 Å². The average Bonchev–Trinajstić information content (AvgIpc) is 3.55. The molecule has 0 spiro atoms. The maximum atomic E-state index is 14.6. The van der Waals surface area contributed by atoms with E-state index in [1.807, 2.05) is 13.8 Å². The molecule has 4 rings (SSSR count). The van der Waals surface area contributed by atoms with Crippen LogP contribution in [0.4, 0.5) is 8.78 Å². The molecule has 3 aromatic rings. The molecule has 0 radical (unpaired) electrons. The van der Waals surface area contributed by atoms with Crippen LogP contribution in [0.2, 0.25) is 0 Å². The minimum Gasteiger partial charge on any atom is -0.481 e. The Hall–Kier alpha value is -3.65. The predicted octanol–water partition coefficient (Wildman–Crippen LogP) is 4.10. The third-order valence-corrected chi connectivity index (χ3v) is 9.79. The summed E-state index contributed by atoms with van der Waals surface area (Å²) in [7, 11) is -4.24. The molecule has 3 unspecified atom stereocenters. The Morgan fingerprint density at radius 2 is 1.56 bits per heavy atom. The Morgan fingerprint density at radius 1 is 0.978 bits per heavy atom. The van der Waals surface area contributed by atoms with Gasteiger partial charge in [-0.05, 0) is 72.7 Å². The smallest absolute Gasteiger partial charge is 0.305 e. The number of aromatic nitrogens is 1. The van der Waals surface area contributed by atoms with Gasteiger partial charge in [0.1, 0.15) is 16.5 Å². The Bertz CT molecular complexity index is 1620. The van der Waals surface area contributed by atoms with Gasteiger partial charge in [-0.2, -0.15) is 4.31 Å². The largest absolute Gasteiger partial charge is 0.481 e. The molecule has 13 heteroatoms. The van der Waals surface area contributed by atoms with Crippen molar-refractivity contribution >= 4 is 21.9 Å². The van der Waals surface area contributed by atoms with Crippen molar-refractivity contribution in [3.05, 3.63) is 65.9 Å². The minimum atomic E-state index is -4.24. The number of carboxylic acid groups (broad SMARTS) is 1. The van der Waals surface area contributed by atoms with Gasteiger partial charge in [0.15, 0.2) is 0 Å². The quantitative estimate of drug-likeness (QED) is 0.218. The fourth-order valence-electron chi connectivity index (χ4n) is 5.95. The number of halogens is 2. The lowest BCUT2D eigenvalue weighted by molar-refractivity contribution is -0.139. The van der Waals surface area contributed by atoms with Gasteiger partial charge in [0.05, 0.1) is 24.3 Å². The number of carboxylic acids is 1. The molecule has 45 heavy (non-hydrogen) atoms. The van der Waals surface area contributed by atoms with E-state index < -0.39 is 46.3 Å². The summed E-state index contributed by atoms with van der Waals surface area (Å²) in [6.07, 6.45) is -2.68. The van der Waals surface area contributed by atoms with E-state index in [1.54, 1.807) is 4.57 Å². The lowest BCUT2D eigenvalue weighted by Gasteiger charge is -2.21. The highest BCUT2D eigenvalue weighted by molar-refractivity contribution is 7.89. The van der Waals surface area contributed by atoms with Gasteiger partial charge in [0.2, 0.25) is 15.9 Å². The zero-order valence-corrected chi connectivity index (χ0v) is 26.2. The summed E-state index contributed by atoms with van der Waals surface area (Å²) in [4.78, 5) is 22.7. The van der Waals surface area contributed by atoms with Gasteiger partial charge in [-0.15, -0.1) is 0 Å². The minimum absolute atomic E-state index is 0.00712. The van der Waals surface area contributed by atoms with Crippen LogP contribution in [-0.4, -0.2) is 75.8 Å². The number of nitrogens with zero attached hydrogens (tertiary/aromatic N) is 2. The van der Waals surface area contributed by atoms with E-state index in [2.05, 4.69) is 5.32 Å². The zero-order valence-electron chi connectivity index (χ0n) is 25.4. The van der Waals surface area contributed by atoms with Crippen molar-refractivity contribution in [2.24, 2.45) is 0 Å². The lowest BCUT2D eigenvalue weighted by atomic mass is 10.00. The first kappa shape index (κ1) is 34.2. The van der Waals surface area contributed by atoms with Crippen molar-refractivity contribution in [3.63, 3.8) is 0 Å². The number of nitrogens with one attached hydrogen (secondary N) is 1. The van der Waals surface area contributed by atoms with E-state index in [1.165, 1.54) is 59.8 Å². The SMILES string of the molecule is CC(=O)NC1CCN(S(=O)(=O)c2c(-c3ccc(F)cc3)c(-c3ccc(F)cc3)n(CCC(O)CC(O)CC(=O)O)c2C(C)C)C1. The zero-order chi connectivity index (χ0) is 33.1. The molecule has 0 saturated carbocycles. The van der Waals surface area contributed by atoms with Gasteiger partial charge in [0, 0.05) is 43.9 Å². The summed E-state index contributed by atoms with van der Waals surface area (Å²) >= 11 is 0. The van der Waals surface area contributed by atoms with Crippen LogP contribution in [0.1, 0.15) is 58.1 Å². The van der Waals surface area contributed by atoms with E-state index in [9.17, 15) is 37.0 Å². The number of hydrogen-bond donors (Lipinski definition) is 4. The summed E-state index contributed by atoms with van der Waals surface area (Å²) in [5.41, 5.74) is 2.00. The van der Waals surface area contributed by atoms with Crippen LogP contribution in [0.25, 0.3) is 22.4 Å². The summed E-state index contributed by atoms with van der Waals surface area (Å²) in [5.74, 6) is -2.88. The number of hydrogen-bond acceptors (Lipinski definition) is 6. The number of carbonyl (C=O) groups excluding carboxylic acids is 1. The predicted molar refractivity (Wildman–Crippen MR) is 164 cm³/mol. The molecule has 1 amide bonds. The maximum absolute atomic E-state index is 14.6. The average molecular weight is 648 g/mol. The number of aliphatic carboxylic acids is 1. The molecular formula is C32H39F2N3O7S. The van der Waals surface area contributed by atoms with Crippen LogP contribution in [0.3, 0.4) is 0 Å². The van der Waals surface area contributed by atoms with E-state index in [0.717, 1.165) is 0 Å². The molecule has 1 aliphatic rings. The summed E-state index contributed by atoms with van der Waals surface area (Å²) in [5, 5.41) is 32.6. The highest BCUT2D eigenvalue weighted by Crippen LogP contribution is 2.46. The number of amides is 1. The number of sulfonamides is 1. The second kappa shape index (κ2) is 14.2. The number of carbonyl (C=O) groups is 2. The van der Waals surface area contributed by atoms with Crippen LogP contribution in [-0.2, 0) is 26.2 Å². The van der Waals surface area contributed by atoms with Crippen molar-refractivity contribution in [2.75, 3.05) is 13.1 Å². The van der Waals surface area contributed by atoms with E-state index in [-0.39, 0.29) is 60.8 Å². The molecule has 1 aromatic heterocycles. The van der Waals surface area contributed by atoms with Gasteiger partial charge in [-0.1, -0.05) is 26.0 Å². The Balaban J connectivity index is 1.94. The van der Waals surface area contributed by atoms with Crippen LogP contribution < -0.4 is 5.32 Å². The highest BCUT2D eigenvalue weighted by Gasteiger charge is 2.40. The van der Waals surface area contributed by atoms with Gasteiger partial charge >= 0.3 is 5.97 Å². The normalized spacial score (nSPS) is 17.0. The molecule has 1 fully saturated rings. The lowest BCUT2D eigenvalue weighted by Crippen LogP contribution is -2.37. The topological polar surface area (TPSA) is 149 Å². The monoisotopic (exact) mass is 647 g/mol. The van der Waals surface area contributed by atoms with E-state index >= 15 is 0 Å². The molecule has 244 valence electrons. The first-order chi connectivity index (χ1) is 21.2. The molecule has 2 aromatic carbocycles. The van der Waals surface area contributed by atoms with Crippen molar-refractivity contribution in [3.8, 4) is 22.4 Å². The van der Waals surface area contributed by atoms with Crippen molar-refractivity contribution in [2.45, 2.75) is 82.1 Å². The molecule has 1 aliphatic heterocycles. The maximum Gasteiger partial charge on any atom is 0.305 e. The highest BCUT2D eigenvalue weighted by atomic mass is 32.2. The molecule has 2 heterocycles. The Morgan fingerprint density at radius 3 is 2.09 bits per heavy atom. The third kappa shape index (κ3) is 7.96. The van der Waals surface area contributed by atoms with Crippen molar-refractivity contribution < 1.29 is 42.1 Å². The number of benzene rings is 2. The molecule has 0 aliphatic carbocycles. The van der Waals surface area contributed by atoms with Crippen molar-refractivity contribution in [1.29, 1.82) is 0 Å². The fourth-order valence-corrected chi connectivity index (χ4v) is 8.01. The molecule has 0 bridgehead atoms. The van der Waals surface area contributed by atoms with Gasteiger partial charge in [-0.25, -0.2) is 17.2 Å². The molecule has 4 N–H and O–H groups in total. The third-order valence-electron chi connectivity index (χ3n) is 7.85. The van der Waals surface area contributed by atoms with Crippen LogP contribution in [0.5, 0.6) is 0 Å².